The zero-order valence-corrected chi connectivity index (χ0v) is 14.7. The number of phenols is 1. The molecule has 7 nitrogen and oxygen atoms in total. The summed E-state index contributed by atoms with van der Waals surface area (Å²) in [6.07, 6.45) is 1.61. The van der Waals surface area contributed by atoms with Crippen LogP contribution in [0.15, 0.2) is 24.3 Å². The van der Waals surface area contributed by atoms with Crippen molar-refractivity contribution in [3.05, 3.63) is 41.5 Å². The van der Waals surface area contributed by atoms with E-state index >= 15 is 0 Å². The number of aromatic hydroxyl groups is 1. The van der Waals surface area contributed by atoms with Crippen LogP contribution in [-0.2, 0) is 13.0 Å². The first kappa shape index (κ1) is 17.4. The van der Waals surface area contributed by atoms with Gasteiger partial charge in [0.15, 0.2) is 5.82 Å². The maximum atomic E-state index is 12.6. The van der Waals surface area contributed by atoms with Crippen LogP contribution in [0, 0.1) is 5.92 Å². The minimum absolute atomic E-state index is 0.0791. The summed E-state index contributed by atoms with van der Waals surface area (Å²) in [6, 6.07) is 6.16. The van der Waals surface area contributed by atoms with E-state index in [1.807, 2.05) is 0 Å². The zero-order chi connectivity index (χ0) is 17.8. The lowest BCUT2D eigenvalue weighted by Crippen LogP contribution is -2.32. The monoisotopic (exact) mass is 343 g/mol. The van der Waals surface area contributed by atoms with Gasteiger partial charge in [0, 0.05) is 31.6 Å². The van der Waals surface area contributed by atoms with Gasteiger partial charge in [0.2, 0.25) is 0 Å². The van der Waals surface area contributed by atoms with Crippen LogP contribution < -0.4 is 10.6 Å². The summed E-state index contributed by atoms with van der Waals surface area (Å²) in [6.45, 7) is 6.80. The number of hydrogen-bond donors (Lipinski definition) is 3. The Morgan fingerprint density at radius 3 is 2.96 bits per heavy atom. The molecule has 0 saturated heterocycles. The molecule has 7 heteroatoms. The highest BCUT2D eigenvalue weighted by atomic mass is 16.3. The lowest BCUT2D eigenvalue weighted by molar-refractivity contribution is 0.0928. The summed E-state index contributed by atoms with van der Waals surface area (Å²) in [5, 5.41) is 24.7. The van der Waals surface area contributed by atoms with Crippen molar-refractivity contribution in [3.63, 3.8) is 0 Å². The second-order valence-corrected chi connectivity index (χ2v) is 6.83. The van der Waals surface area contributed by atoms with Crippen molar-refractivity contribution in [2.45, 2.75) is 39.3 Å². The van der Waals surface area contributed by atoms with Crippen LogP contribution in [0.4, 0.5) is 0 Å². The first-order valence-corrected chi connectivity index (χ1v) is 8.77. The largest absolute Gasteiger partial charge is 0.508 e. The molecule has 1 aromatic carbocycles. The van der Waals surface area contributed by atoms with Gasteiger partial charge in [-0.15, -0.1) is 10.2 Å². The number of aromatic nitrogens is 3. The van der Waals surface area contributed by atoms with E-state index in [0.29, 0.717) is 11.5 Å². The third-order valence-electron chi connectivity index (χ3n) is 4.33. The Balaban J connectivity index is 1.85. The second kappa shape index (κ2) is 7.65. The zero-order valence-electron chi connectivity index (χ0n) is 14.7. The van der Waals surface area contributed by atoms with Crippen molar-refractivity contribution >= 4 is 5.91 Å². The molecule has 1 amide bonds. The predicted molar refractivity (Wildman–Crippen MR) is 94.4 cm³/mol. The Kier molecular flexibility index (Phi) is 5.33. The summed E-state index contributed by atoms with van der Waals surface area (Å²) >= 11 is 0. The number of hydrogen-bond acceptors (Lipinski definition) is 5. The summed E-state index contributed by atoms with van der Waals surface area (Å²) in [7, 11) is 0. The third-order valence-corrected chi connectivity index (χ3v) is 4.33. The molecule has 3 rings (SSSR count). The number of amides is 1. The minimum Gasteiger partial charge on any atom is -0.508 e. The highest BCUT2D eigenvalue weighted by Gasteiger charge is 2.25. The number of benzene rings is 1. The Morgan fingerprint density at radius 2 is 2.20 bits per heavy atom. The average Bonchev–Trinajstić information content (AvgIpc) is 2.82. The van der Waals surface area contributed by atoms with Gasteiger partial charge in [-0.05, 0) is 30.5 Å². The van der Waals surface area contributed by atoms with Gasteiger partial charge in [0.25, 0.3) is 5.91 Å². The fourth-order valence-electron chi connectivity index (χ4n) is 3.14. The molecule has 0 unspecified atom stereocenters. The second-order valence-electron chi connectivity index (χ2n) is 6.83. The van der Waals surface area contributed by atoms with E-state index < -0.39 is 0 Å². The van der Waals surface area contributed by atoms with Crippen molar-refractivity contribution in [1.82, 2.24) is 25.4 Å². The molecule has 1 atom stereocenters. The smallest absolute Gasteiger partial charge is 0.252 e. The Labute approximate surface area is 147 Å². The molecule has 2 heterocycles. The number of fused-ring (bicyclic) bond motifs is 1. The van der Waals surface area contributed by atoms with Crippen LogP contribution >= 0.6 is 0 Å². The van der Waals surface area contributed by atoms with Gasteiger partial charge in [-0.1, -0.05) is 19.9 Å². The molecule has 25 heavy (non-hydrogen) atoms. The molecule has 0 fully saturated rings. The van der Waals surface area contributed by atoms with Crippen molar-refractivity contribution in [2.75, 3.05) is 13.1 Å². The van der Waals surface area contributed by atoms with Gasteiger partial charge in [-0.3, -0.25) is 4.79 Å². The number of phenolic OH excluding ortho intramolecular Hbond substituents is 1. The predicted octanol–water partition coefficient (Wildman–Crippen LogP) is 1.65. The third kappa shape index (κ3) is 4.17. The van der Waals surface area contributed by atoms with Crippen molar-refractivity contribution in [2.24, 2.45) is 5.92 Å². The number of nitrogens with zero attached hydrogens (tertiary/aromatic N) is 3. The topological polar surface area (TPSA) is 92.1 Å². The molecule has 2 aromatic rings. The Hall–Kier alpha value is -2.41. The van der Waals surface area contributed by atoms with Gasteiger partial charge in [-0.2, -0.15) is 0 Å². The molecule has 0 aliphatic carbocycles. The van der Waals surface area contributed by atoms with E-state index in [1.54, 1.807) is 18.2 Å². The molecule has 134 valence electrons. The summed E-state index contributed by atoms with van der Waals surface area (Å²) in [4.78, 5) is 12.6. The highest BCUT2D eigenvalue weighted by Crippen LogP contribution is 2.22. The number of nitrogens with one attached hydrogen (secondary N) is 2. The first-order chi connectivity index (χ1) is 12.0. The van der Waals surface area contributed by atoms with Crippen LogP contribution in [0.25, 0.3) is 0 Å². The fourth-order valence-corrected chi connectivity index (χ4v) is 3.14. The van der Waals surface area contributed by atoms with Gasteiger partial charge in [-0.25, -0.2) is 0 Å². The normalized spacial score (nSPS) is 15.5. The van der Waals surface area contributed by atoms with E-state index in [9.17, 15) is 9.90 Å². The van der Waals surface area contributed by atoms with E-state index in [4.69, 9.17) is 0 Å². The van der Waals surface area contributed by atoms with Gasteiger partial charge >= 0.3 is 0 Å². The Bertz CT molecular complexity index is 741. The molecule has 1 aromatic heterocycles. The van der Waals surface area contributed by atoms with Crippen LogP contribution in [0.5, 0.6) is 5.75 Å². The summed E-state index contributed by atoms with van der Waals surface area (Å²) < 4.78 is 2.12. The number of carbonyl (C=O) groups excluding carboxylic acids is 1. The van der Waals surface area contributed by atoms with Crippen LogP contribution in [0.1, 0.15) is 48.3 Å². The summed E-state index contributed by atoms with van der Waals surface area (Å²) in [5.41, 5.74) is 0.436. The van der Waals surface area contributed by atoms with Crippen molar-refractivity contribution in [1.29, 1.82) is 0 Å². The van der Waals surface area contributed by atoms with E-state index in [0.717, 1.165) is 44.1 Å². The molecule has 0 radical (unpaired) electrons. The van der Waals surface area contributed by atoms with Crippen LogP contribution in [0.3, 0.4) is 0 Å². The number of carbonyl (C=O) groups is 1. The average molecular weight is 343 g/mol. The van der Waals surface area contributed by atoms with E-state index in [-0.39, 0.29) is 17.7 Å². The molecule has 0 bridgehead atoms. The molecule has 1 aliphatic heterocycles. The fraction of sp³-hybridized carbons (Fsp3) is 0.500. The highest BCUT2D eigenvalue weighted by molar-refractivity contribution is 5.94. The van der Waals surface area contributed by atoms with Gasteiger partial charge in [0.1, 0.15) is 11.6 Å². The summed E-state index contributed by atoms with van der Waals surface area (Å²) in [5.74, 6) is 2.02. The molecular formula is C18H25N5O2. The Morgan fingerprint density at radius 1 is 1.36 bits per heavy atom. The lowest BCUT2D eigenvalue weighted by Gasteiger charge is -2.21. The van der Waals surface area contributed by atoms with Crippen LogP contribution in [0.2, 0.25) is 0 Å². The minimum atomic E-state index is -0.217. The molecule has 3 N–H and O–H groups in total. The maximum absolute atomic E-state index is 12.6. The van der Waals surface area contributed by atoms with Gasteiger partial charge in [0.05, 0.1) is 6.04 Å². The standard InChI is InChI=1S/C18H25N5O2/c1-12(2)10-15(20-18(25)13-4-3-5-14(24)11-13)17-22-21-16-6-7-19-8-9-23(16)17/h3-5,11-12,15,19,24H,6-10H2,1-2H3,(H,20,25)/t15-/m0/s1. The molecule has 0 spiro atoms. The van der Waals surface area contributed by atoms with E-state index in [2.05, 4.69) is 39.2 Å². The molecular weight excluding hydrogens is 318 g/mol. The molecule has 0 saturated carbocycles. The van der Waals surface area contributed by atoms with E-state index in [1.165, 1.54) is 6.07 Å². The van der Waals surface area contributed by atoms with Crippen LogP contribution in [-0.4, -0.2) is 38.9 Å². The lowest BCUT2D eigenvalue weighted by atomic mass is 10.0. The first-order valence-electron chi connectivity index (χ1n) is 8.77. The number of rotatable bonds is 5. The SMILES string of the molecule is CC(C)C[C@H](NC(=O)c1cccc(O)c1)c1nnc2n1CCNCC2. The molecule has 1 aliphatic rings. The van der Waals surface area contributed by atoms with Crippen molar-refractivity contribution < 1.29 is 9.90 Å². The quantitative estimate of drug-likeness (QED) is 0.768. The maximum Gasteiger partial charge on any atom is 0.252 e. The van der Waals surface area contributed by atoms with Crippen molar-refractivity contribution in [3.8, 4) is 5.75 Å². The van der Waals surface area contributed by atoms with Gasteiger partial charge < -0.3 is 20.3 Å².